The summed E-state index contributed by atoms with van der Waals surface area (Å²) < 4.78 is 11.1. The SMILES string of the molecule is CCOc1cc(C#N)ccc1OC1CCN(CC(=O)O)C1=O. The molecule has 2 rings (SSSR count). The second kappa shape index (κ2) is 6.80. The van der Waals surface area contributed by atoms with Gasteiger partial charge in [-0.3, -0.25) is 9.59 Å². The quantitative estimate of drug-likeness (QED) is 0.842. The third kappa shape index (κ3) is 3.47. The van der Waals surface area contributed by atoms with Gasteiger partial charge >= 0.3 is 5.97 Å². The largest absolute Gasteiger partial charge is 0.490 e. The molecule has 1 aromatic rings. The van der Waals surface area contributed by atoms with Gasteiger partial charge in [0.1, 0.15) is 6.54 Å². The van der Waals surface area contributed by atoms with E-state index in [4.69, 9.17) is 19.8 Å². The number of nitrogens with zero attached hydrogens (tertiary/aromatic N) is 2. The molecule has 116 valence electrons. The molecule has 0 spiro atoms. The topological polar surface area (TPSA) is 99.9 Å². The molecule has 0 bridgehead atoms. The van der Waals surface area contributed by atoms with Gasteiger partial charge in [0, 0.05) is 19.0 Å². The first-order valence-electron chi connectivity index (χ1n) is 6.89. The van der Waals surface area contributed by atoms with Crippen LogP contribution < -0.4 is 9.47 Å². The Kier molecular flexibility index (Phi) is 4.84. The zero-order valence-corrected chi connectivity index (χ0v) is 12.1. The number of carboxylic acid groups (broad SMARTS) is 1. The summed E-state index contributed by atoms with van der Waals surface area (Å²) in [6.45, 7) is 2.22. The van der Waals surface area contributed by atoms with E-state index in [9.17, 15) is 9.59 Å². The molecule has 1 amide bonds. The van der Waals surface area contributed by atoms with Crippen LogP contribution in [0.1, 0.15) is 18.9 Å². The zero-order chi connectivity index (χ0) is 16.1. The first-order chi connectivity index (χ1) is 10.5. The molecule has 1 fully saturated rings. The van der Waals surface area contributed by atoms with E-state index in [2.05, 4.69) is 0 Å². The Labute approximate surface area is 127 Å². The second-order valence-corrected chi connectivity index (χ2v) is 4.76. The van der Waals surface area contributed by atoms with Crippen molar-refractivity contribution in [2.75, 3.05) is 19.7 Å². The Morgan fingerprint density at radius 2 is 2.27 bits per heavy atom. The van der Waals surface area contributed by atoms with E-state index in [0.29, 0.717) is 36.6 Å². The molecule has 1 unspecified atom stereocenters. The van der Waals surface area contributed by atoms with Crippen molar-refractivity contribution in [3.63, 3.8) is 0 Å². The molecule has 1 aliphatic rings. The minimum atomic E-state index is -1.05. The number of amides is 1. The molecule has 22 heavy (non-hydrogen) atoms. The third-order valence-corrected chi connectivity index (χ3v) is 3.22. The number of hydrogen-bond donors (Lipinski definition) is 1. The number of carbonyl (C=O) groups is 2. The highest BCUT2D eigenvalue weighted by molar-refractivity contribution is 5.86. The highest BCUT2D eigenvalue weighted by Crippen LogP contribution is 2.31. The first kappa shape index (κ1) is 15.6. The van der Waals surface area contributed by atoms with Crippen LogP contribution in [0.2, 0.25) is 0 Å². The molecule has 1 aliphatic heterocycles. The maximum atomic E-state index is 12.1. The highest BCUT2D eigenvalue weighted by Gasteiger charge is 2.34. The summed E-state index contributed by atoms with van der Waals surface area (Å²) in [7, 11) is 0. The molecule has 7 nitrogen and oxygen atoms in total. The molecule has 0 aromatic heterocycles. The minimum absolute atomic E-state index is 0.329. The number of ether oxygens (including phenoxy) is 2. The predicted molar refractivity (Wildman–Crippen MR) is 75.6 cm³/mol. The number of carbonyl (C=O) groups excluding carboxylic acids is 1. The Bertz CT molecular complexity index is 623. The van der Waals surface area contributed by atoms with Crippen LogP contribution in [0.25, 0.3) is 0 Å². The van der Waals surface area contributed by atoms with Crippen molar-refractivity contribution in [3.05, 3.63) is 23.8 Å². The van der Waals surface area contributed by atoms with Crippen molar-refractivity contribution in [2.24, 2.45) is 0 Å². The average molecular weight is 304 g/mol. The van der Waals surface area contributed by atoms with Gasteiger partial charge in [-0.1, -0.05) is 0 Å². The number of carboxylic acids is 1. The summed E-state index contributed by atoms with van der Waals surface area (Å²) in [6, 6.07) is 6.71. The smallest absolute Gasteiger partial charge is 0.323 e. The number of nitriles is 1. The summed E-state index contributed by atoms with van der Waals surface area (Å²) in [4.78, 5) is 24.0. The van der Waals surface area contributed by atoms with Crippen LogP contribution >= 0.6 is 0 Å². The van der Waals surface area contributed by atoms with Gasteiger partial charge < -0.3 is 19.5 Å². The lowest BCUT2D eigenvalue weighted by Crippen LogP contribution is -2.35. The summed E-state index contributed by atoms with van der Waals surface area (Å²) in [6.07, 6.45) is -0.316. The molecule has 7 heteroatoms. The van der Waals surface area contributed by atoms with Gasteiger partial charge in [0.15, 0.2) is 17.6 Å². The van der Waals surface area contributed by atoms with E-state index in [-0.39, 0.29) is 12.5 Å². The van der Waals surface area contributed by atoms with E-state index in [1.54, 1.807) is 25.1 Å². The molecule has 1 N–H and O–H groups in total. The fourth-order valence-corrected chi connectivity index (χ4v) is 2.24. The lowest BCUT2D eigenvalue weighted by Gasteiger charge is -2.17. The number of benzene rings is 1. The molecule has 1 heterocycles. The normalized spacial score (nSPS) is 17.2. The lowest BCUT2D eigenvalue weighted by atomic mass is 10.2. The van der Waals surface area contributed by atoms with Crippen LogP contribution in [0.5, 0.6) is 11.5 Å². The molecule has 1 aromatic carbocycles. The van der Waals surface area contributed by atoms with Gasteiger partial charge in [-0.15, -0.1) is 0 Å². The van der Waals surface area contributed by atoms with E-state index in [1.165, 1.54) is 4.90 Å². The number of hydrogen-bond acceptors (Lipinski definition) is 5. The van der Waals surface area contributed by atoms with Gasteiger partial charge in [-0.05, 0) is 19.1 Å². The Morgan fingerprint density at radius 1 is 1.50 bits per heavy atom. The van der Waals surface area contributed by atoms with Crippen LogP contribution in [-0.4, -0.2) is 47.7 Å². The lowest BCUT2D eigenvalue weighted by molar-refractivity contribution is -0.144. The zero-order valence-electron chi connectivity index (χ0n) is 12.1. The van der Waals surface area contributed by atoms with Crippen LogP contribution in [0.3, 0.4) is 0 Å². The highest BCUT2D eigenvalue weighted by atomic mass is 16.5. The van der Waals surface area contributed by atoms with E-state index >= 15 is 0 Å². The summed E-state index contributed by atoms with van der Waals surface area (Å²) in [5.74, 6) is -0.640. The van der Waals surface area contributed by atoms with Crippen molar-refractivity contribution < 1.29 is 24.2 Å². The molecule has 0 radical (unpaired) electrons. The van der Waals surface area contributed by atoms with Crippen molar-refractivity contribution in [2.45, 2.75) is 19.4 Å². The minimum Gasteiger partial charge on any atom is -0.490 e. The third-order valence-electron chi connectivity index (χ3n) is 3.22. The van der Waals surface area contributed by atoms with E-state index in [0.717, 1.165) is 0 Å². The maximum absolute atomic E-state index is 12.1. The Balaban J connectivity index is 2.12. The molecular formula is C15H16N2O5. The van der Waals surface area contributed by atoms with E-state index < -0.39 is 12.1 Å². The maximum Gasteiger partial charge on any atom is 0.323 e. The fraction of sp³-hybridized carbons (Fsp3) is 0.400. The summed E-state index contributed by atoms with van der Waals surface area (Å²) >= 11 is 0. The summed E-state index contributed by atoms with van der Waals surface area (Å²) in [5.41, 5.74) is 0.432. The van der Waals surface area contributed by atoms with Crippen molar-refractivity contribution >= 4 is 11.9 Å². The number of likely N-dealkylation sites (tertiary alicyclic amines) is 1. The Hall–Kier alpha value is -2.75. The van der Waals surface area contributed by atoms with Crippen LogP contribution in [0.4, 0.5) is 0 Å². The Morgan fingerprint density at radius 3 is 2.91 bits per heavy atom. The first-order valence-corrected chi connectivity index (χ1v) is 6.89. The second-order valence-electron chi connectivity index (χ2n) is 4.76. The predicted octanol–water partition coefficient (Wildman–Crippen LogP) is 1.02. The molecule has 1 saturated heterocycles. The van der Waals surface area contributed by atoms with Gasteiger partial charge in [0.05, 0.1) is 18.2 Å². The molecule has 0 aliphatic carbocycles. The van der Waals surface area contributed by atoms with Crippen molar-refractivity contribution in [1.29, 1.82) is 5.26 Å². The average Bonchev–Trinajstić information content (AvgIpc) is 2.81. The van der Waals surface area contributed by atoms with Gasteiger partial charge in [-0.25, -0.2) is 0 Å². The fourth-order valence-electron chi connectivity index (χ4n) is 2.24. The molecule has 1 atom stereocenters. The summed E-state index contributed by atoms with van der Waals surface area (Å²) in [5, 5.41) is 17.7. The number of aliphatic carboxylic acids is 1. The van der Waals surface area contributed by atoms with Crippen LogP contribution in [0, 0.1) is 11.3 Å². The standard InChI is InChI=1S/C15H16N2O5/c1-2-21-13-7-10(8-16)3-4-11(13)22-12-5-6-17(15(12)20)9-14(18)19/h3-4,7,12H,2,5-6,9H2,1H3,(H,18,19). The van der Waals surface area contributed by atoms with Gasteiger partial charge in [-0.2, -0.15) is 5.26 Å². The molecular weight excluding hydrogens is 288 g/mol. The van der Waals surface area contributed by atoms with Crippen LogP contribution in [-0.2, 0) is 9.59 Å². The van der Waals surface area contributed by atoms with Crippen molar-refractivity contribution in [3.8, 4) is 17.6 Å². The monoisotopic (exact) mass is 304 g/mol. The number of rotatable bonds is 6. The molecule has 0 saturated carbocycles. The van der Waals surface area contributed by atoms with Gasteiger partial charge in [0.25, 0.3) is 5.91 Å². The van der Waals surface area contributed by atoms with Crippen LogP contribution in [0.15, 0.2) is 18.2 Å². The van der Waals surface area contributed by atoms with Crippen molar-refractivity contribution in [1.82, 2.24) is 4.90 Å². The van der Waals surface area contributed by atoms with E-state index in [1.807, 2.05) is 6.07 Å². The van der Waals surface area contributed by atoms with Gasteiger partial charge in [0.2, 0.25) is 0 Å².